The Labute approximate surface area is 143 Å². The third-order valence-corrected chi connectivity index (χ3v) is 5.28. The molecule has 0 saturated heterocycles. The Kier molecular flexibility index (Phi) is 5.10. The Morgan fingerprint density at radius 1 is 1.09 bits per heavy atom. The lowest BCUT2D eigenvalue weighted by atomic mass is 10.1. The monoisotopic (exact) mass is 340 g/mol. The number of thioether (sulfide) groups is 1. The predicted molar refractivity (Wildman–Crippen MR) is 97.0 cm³/mol. The highest BCUT2D eigenvalue weighted by Gasteiger charge is 2.22. The van der Waals surface area contributed by atoms with Gasteiger partial charge < -0.3 is 5.32 Å². The fraction of sp³-hybridized carbons (Fsp3) is 0.111. The Balaban J connectivity index is 1.84. The number of carbonyl (C=O) groups is 1. The maximum absolute atomic E-state index is 12.8. The van der Waals surface area contributed by atoms with Crippen molar-refractivity contribution in [2.45, 2.75) is 17.1 Å². The molecule has 0 spiro atoms. The molecule has 1 N–H and O–H groups in total. The molecule has 0 bridgehead atoms. The van der Waals surface area contributed by atoms with Gasteiger partial charge in [0, 0.05) is 16.0 Å². The van der Waals surface area contributed by atoms with E-state index in [2.05, 4.69) is 10.3 Å². The van der Waals surface area contributed by atoms with Crippen molar-refractivity contribution in [1.29, 1.82) is 0 Å². The van der Waals surface area contributed by atoms with Gasteiger partial charge in [-0.2, -0.15) is 0 Å². The zero-order chi connectivity index (χ0) is 16.1. The lowest BCUT2D eigenvalue weighted by Crippen LogP contribution is -2.18. The largest absolute Gasteiger partial charge is 0.301 e. The summed E-state index contributed by atoms with van der Waals surface area (Å²) in [7, 11) is 0. The highest BCUT2D eigenvalue weighted by molar-refractivity contribution is 8.00. The molecule has 0 fully saturated rings. The number of benzene rings is 2. The van der Waals surface area contributed by atoms with Crippen LogP contribution in [0.3, 0.4) is 0 Å². The summed E-state index contributed by atoms with van der Waals surface area (Å²) < 4.78 is 0. The van der Waals surface area contributed by atoms with Gasteiger partial charge in [0.25, 0.3) is 0 Å². The smallest absolute Gasteiger partial charge is 0.244 e. The standard InChI is InChI=1S/C18H16N2OS2/c1-13-12-19-18(22-13)20-17(21)16(14-8-4-2-5-9-14)23-15-10-6-3-7-11-15/h2-12,16H,1H3,(H,19,20,21)/t16-/m0/s1. The maximum atomic E-state index is 12.8. The van der Waals surface area contributed by atoms with E-state index < -0.39 is 0 Å². The molecule has 5 heteroatoms. The zero-order valence-electron chi connectivity index (χ0n) is 12.6. The Hall–Kier alpha value is -2.11. The molecule has 3 nitrogen and oxygen atoms in total. The van der Waals surface area contributed by atoms with E-state index >= 15 is 0 Å². The number of thiazole rings is 1. The molecule has 2 aromatic carbocycles. The van der Waals surface area contributed by atoms with Gasteiger partial charge in [-0.15, -0.1) is 23.1 Å². The van der Waals surface area contributed by atoms with Crippen molar-refractivity contribution in [3.8, 4) is 0 Å². The molecule has 3 rings (SSSR count). The average molecular weight is 340 g/mol. The summed E-state index contributed by atoms with van der Waals surface area (Å²) in [4.78, 5) is 19.1. The summed E-state index contributed by atoms with van der Waals surface area (Å²) in [5.41, 5.74) is 0.979. The number of rotatable bonds is 5. The highest BCUT2D eigenvalue weighted by atomic mass is 32.2. The van der Waals surface area contributed by atoms with Crippen molar-refractivity contribution in [1.82, 2.24) is 4.98 Å². The molecule has 1 amide bonds. The lowest BCUT2D eigenvalue weighted by molar-refractivity contribution is -0.115. The Morgan fingerprint density at radius 2 is 1.74 bits per heavy atom. The van der Waals surface area contributed by atoms with Crippen LogP contribution in [0.25, 0.3) is 0 Å². The van der Waals surface area contributed by atoms with Crippen molar-refractivity contribution in [2.24, 2.45) is 0 Å². The second-order valence-electron chi connectivity index (χ2n) is 4.99. The van der Waals surface area contributed by atoms with Gasteiger partial charge in [-0.05, 0) is 24.6 Å². The molecule has 3 aromatic rings. The molecular weight excluding hydrogens is 324 g/mol. The van der Waals surface area contributed by atoms with Crippen LogP contribution in [0, 0.1) is 6.92 Å². The first-order valence-corrected chi connectivity index (χ1v) is 8.92. The molecule has 1 heterocycles. The molecule has 1 atom stereocenters. The normalized spacial score (nSPS) is 11.9. The third kappa shape index (κ3) is 4.21. The van der Waals surface area contributed by atoms with Crippen LogP contribution < -0.4 is 5.32 Å². The molecule has 0 aliphatic rings. The molecule has 0 aliphatic carbocycles. The molecule has 23 heavy (non-hydrogen) atoms. The van der Waals surface area contributed by atoms with Crippen LogP contribution in [0.4, 0.5) is 5.13 Å². The second kappa shape index (κ2) is 7.44. The SMILES string of the molecule is Cc1cnc(NC(=O)[C@@H](Sc2ccccc2)c2ccccc2)s1. The quantitative estimate of drug-likeness (QED) is 0.670. The van der Waals surface area contributed by atoms with Crippen LogP contribution in [0.15, 0.2) is 71.8 Å². The summed E-state index contributed by atoms with van der Waals surface area (Å²) in [5, 5.41) is 3.25. The van der Waals surface area contributed by atoms with Crippen LogP contribution in [0.1, 0.15) is 15.7 Å². The zero-order valence-corrected chi connectivity index (χ0v) is 14.2. The number of nitrogens with one attached hydrogen (secondary N) is 1. The number of hydrogen-bond acceptors (Lipinski definition) is 4. The topological polar surface area (TPSA) is 42.0 Å². The average Bonchev–Trinajstić information content (AvgIpc) is 2.99. The van der Waals surface area contributed by atoms with Gasteiger partial charge in [0.15, 0.2) is 5.13 Å². The second-order valence-corrected chi connectivity index (χ2v) is 7.40. The Bertz CT molecular complexity index is 772. The summed E-state index contributed by atoms with van der Waals surface area (Å²) in [5.74, 6) is -0.0561. The molecule has 0 aliphatic heterocycles. The van der Waals surface area contributed by atoms with E-state index in [0.717, 1.165) is 15.3 Å². The van der Waals surface area contributed by atoms with Crippen LogP contribution in [0.2, 0.25) is 0 Å². The van der Waals surface area contributed by atoms with Crippen molar-refractivity contribution in [3.05, 3.63) is 77.3 Å². The van der Waals surface area contributed by atoms with Gasteiger partial charge in [0.1, 0.15) is 5.25 Å². The van der Waals surface area contributed by atoms with Crippen molar-refractivity contribution >= 4 is 34.1 Å². The van der Waals surface area contributed by atoms with E-state index in [9.17, 15) is 4.79 Å². The number of hydrogen-bond donors (Lipinski definition) is 1. The molecule has 0 unspecified atom stereocenters. The fourth-order valence-electron chi connectivity index (χ4n) is 2.12. The molecule has 116 valence electrons. The van der Waals surface area contributed by atoms with E-state index in [4.69, 9.17) is 0 Å². The number of carbonyl (C=O) groups excluding carboxylic acids is 1. The van der Waals surface area contributed by atoms with E-state index in [1.807, 2.05) is 67.6 Å². The molecule has 1 aromatic heterocycles. The van der Waals surface area contributed by atoms with Crippen LogP contribution in [-0.2, 0) is 4.79 Å². The van der Waals surface area contributed by atoms with Gasteiger partial charge >= 0.3 is 0 Å². The number of nitrogens with zero attached hydrogens (tertiary/aromatic N) is 1. The van der Waals surface area contributed by atoms with Gasteiger partial charge in [0.05, 0.1) is 0 Å². The van der Waals surface area contributed by atoms with Crippen LogP contribution in [-0.4, -0.2) is 10.9 Å². The summed E-state index contributed by atoms with van der Waals surface area (Å²) in [6.45, 7) is 1.97. The first-order valence-electron chi connectivity index (χ1n) is 7.22. The first kappa shape index (κ1) is 15.8. The molecular formula is C18H16N2OS2. The van der Waals surface area contributed by atoms with Gasteiger partial charge in [-0.25, -0.2) is 4.98 Å². The minimum absolute atomic E-state index is 0.0561. The minimum atomic E-state index is -0.317. The van der Waals surface area contributed by atoms with Crippen molar-refractivity contribution < 1.29 is 4.79 Å². The predicted octanol–water partition coefficient (Wildman–Crippen LogP) is 4.92. The number of aryl methyl sites for hydroxylation is 1. The van der Waals surface area contributed by atoms with Crippen molar-refractivity contribution in [2.75, 3.05) is 5.32 Å². The molecule has 0 saturated carbocycles. The van der Waals surface area contributed by atoms with Gasteiger partial charge in [-0.1, -0.05) is 48.5 Å². The summed E-state index contributed by atoms with van der Waals surface area (Å²) in [6.07, 6.45) is 1.77. The summed E-state index contributed by atoms with van der Waals surface area (Å²) >= 11 is 3.02. The van der Waals surface area contributed by atoms with Crippen LogP contribution >= 0.6 is 23.1 Å². The van der Waals surface area contributed by atoms with Crippen molar-refractivity contribution in [3.63, 3.8) is 0 Å². The summed E-state index contributed by atoms with van der Waals surface area (Å²) in [6, 6.07) is 19.8. The van der Waals surface area contributed by atoms with Crippen LogP contribution in [0.5, 0.6) is 0 Å². The molecule has 0 radical (unpaired) electrons. The number of anilines is 1. The number of amides is 1. The third-order valence-electron chi connectivity index (χ3n) is 3.19. The van der Waals surface area contributed by atoms with E-state index in [1.54, 1.807) is 18.0 Å². The van der Waals surface area contributed by atoms with Gasteiger partial charge in [-0.3, -0.25) is 4.79 Å². The van der Waals surface area contributed by atoms with E-state index in [-0.39, 0.29) is 11.2 Å². The van der Waals surface area contributed by atoms with E-state index in [0.29, 0.717) is 5.13 Å². The first-order chi connectivity index (χ1) is 11.2. The van der Waals surface area contributed by atoms with Gasteiger partial charge in [0.2, 0.25) is 5.91 Å². The lowest BCUT2D eigenvalue weighted by Gasteiger charge is -2.16. The minimum Gasteiger partial charge on any atom is -0.301 e. The fourth-order valence-corrected chi connectivity index (χ4v) is 3.83. The highest BCUT2D eigenvalue weighted by Crippen LogP contribution is 2.36. The maximum Gasteiger partial charge on any atom is 0.244 e. The number of aromatic nitrogens is 1. The van der Waals surface area contributed by atoms with E-state index in [1.165, 1.54) is 11.3 Å². The Morgan fingerprint density at radius 3 is 2.35 bits per heavy atom.